The zero-order valence-electron chi connectivity index (χ0n) is 11.0. The summed E-state index contributed by atoms with van der Waals surface area (Å²) in [7, 11) is 2.74. The van der Waals surface area contributed by atoms with E-state index in [-0.39, 0.29) is 21.6 Å². The van der Waals surface area contributed by atoms with Crippen LogP contribution in [0.5, 0.6) is 5.75 Å². The Hall–Kier alpha value is -1.62. The molecule has 7 nitrogen and oxygen atoms in total. The topological polar surface area (TPSA) is 89.8 Å². The summed E-state index contributed by atoms with van der Waals surface area (Å²) in [5, 5.41) is 10.7. The predicted molar refractivity (Wildman–Crippen MR) is 86.1 cm³/mol. The first kappa shape index (κ1) is 15.8. The van der Waals surface area contributed by atoms with Gasteiger partial charge in [0, 0.05) is 13.1 Å². The van der Waals surface area contributed by atoms with Gasteiger partial charge in [0.2, 0.25) is 5.75 Å². The Morgan fingerprint density at radius 1 is 1.43 bits per heavy atom. The fourth-order valence-corrected chi connectivity index (χ4v) is 3.40. The highest BCUT2D eigenvalue weighted by Crippen LogP contribution is 2.36. The van der Waals surface area contributed by atoms with Gasteiger partial charge in [-0.1, -0.05) is 0 Å². The Morgan fingerprint density at radius 2 is 2.10 bits per heavy atom. The molecule has 0 unspecified atom stereocenters. The van der Waals surface area contributed by atoms with E-state index >= 15 is 0 Å². The smallest absolute Gasteiger partial charge is 0.312 e. The molecule has 9 heteroatoms. The minimum atomic E-state index is -0.552. The Bertz CT molecular complexity index is 688. The van der Waals surface area contributed by atoms with Crippen molar-refractivity contribution in [2.45, 2.75) is 0 Å². The third-order valence-corrected chi connectivity index (χ3v) is 4.49. The largest absolute Gasteiger partial charge is 0.489 e. The molecule has 1 aliphatic heterocycles. The lowest BCUT2D eigenvalue weighted by Gasteiger charge is -2.06. The SMILES string of the molecule is COc1c(I)cc(/C=C2\SC(=O)N(C)C2=O)cc1[N+](=O)[O-]. The number of benzene rings is 1. The fourth-order valence-electron chi connectivity index (χ4n) is 1.72. The first-order chi connectivity index (χ1) is 9.85. The number of ether oxygens (including phenoxy) is 1. The molecule has 0 spiro atoms. The number of nitro groups is 1. The van der Waals surface area contributed by atoms with Crippen molar-refractivity contribution >= 4 is 57.3 Å². The number of carbonyl (C=O) groups excluding carboxylic acids is 2. The van der Waals surface area contributed by atoms with Crippen LogP contribution in [0.15, 0.2) is 17.0 Å². The van der Waals surface area contributed by atoms with Crippen molar-refractivity contribution in [2.24, 2.45) is 0 Å². The van der Waals surface area contributed by atoms with Gasteiger partial charge in [-0.05, 0) is 52.1 Å². The summed E-state index contributed by atoms with van der Waals surface area (Å²) in [6.45, 7) is 0. The van der Waals surface area contributed by atoms with Crippen molar-refractivity contribution in [1.82, 2.24) is 4.90 Å². The molecule has 0 saturated carbocycles. The van der Waals surface area contributed by atoms with Gasteiger partial charge < -0.3 is 4.74 Å². The van der Waals surface area contributed by atoms with Crippen molar-refractivity contribution in [3.63, 3.8) is 0 Å². The number of thioether (sulfide) groups is 1. The van der Waals surface area contributed by atoms with Gasteiger partial charge in [0.1, 0.15) is 0 Å². The highest BCUT2D eigenvalue weighted by Gasteiger charge is 2.32. The minimum Gasteiger partial charge on any atom is -0.489 e. The van der Waals surface area contributed by atoms with Crippen LogP contribution in [0.3, 0.4) is 0 Å². The van der Waals surface area contributed by atoms with Crippen molar-refractivity contribution in [3.8, 4) is 5.75 Å². The average Bonchev–Trinajstić information content (AvgIpc) is 2.65. The molecule has 1 saturated heterocycles. The molecule has 0 aromatic heterocycles. The van der Waals surface area contributed by atoms with Crippen LogP contribution in [0.25, 0.3) is 6.08 Å². The molecule has 1 aromatic rings. The second-order valence-corrected chi connectivity index (χ2v) is 6.21. The third-order valence-electron chi connectivity index (χ3n) is 2.73. The van der Waals surface area contributed by atoms with Crippen LogP contribution in [0.1, 0.15) is 5.56 Å². The molecule has 110 valence electrons. The van der Waals surface area contributed by atoms with E-state index in [0.717, 1.165) is 16.7 Å². The van der Waals surface area contributed by atoms with Crippen LogP contribution in [0.4, 0.5) is 10.5 Å². The van der Waals surface area contributed by atoms with Crippen LogP contribution >= 0.6 is 34.4 Å². The van der Waals surface area contributed by atoms with Gasteiger partial charge in [-0.15, -0.1) is 0 Å². The molecule has 2 rings (SSSR count). The number of imide groups is 1. The summed E-state index contributed by atoms with van der Waals surface area (Å²) in [4.78, 5) is 35.0. The summed E-state index contributed by atoms with van der Waals surface area (Å²) in [5.74, 6) is -0.250. The molecule has 0 radical (unpaired) electrons. The van der Waals surface area contributed by atoms with Gasteiger partial charge in [-0.2, -0.15) is 0 Å². The Morgan fingerprint density at radius 3 is 2.57 bits per heavy atom. The molecule has 1 aromatic carbocycles. The Balaban J connectivity index is 2.49. The summed E-state index contributed by atoms with van der Waals surface area (Å²) >= 11 is 2.72. The Labute approximate surface area is 137 Å². The number of halogens is 1. The number of carbonyl (C=O) groups is 2. The van der Waals surface area contributed by atoms with E-state index in [9.17, 15) is 19.7 Å². The second-order valence-electron chi connectivity index (χ2n) is 4.05. The van der Waals surface area contributed by atoms with E-state index in [2.05, 4.69) is 0 Å². The molecular weight excluding hydrogens is 411 g/mol. The van der Waals surface area contributed by atoms with Crippen LogP contribution in [-0.2, 0) is 4.79 Å². The summed E-state index contributed by atoms with van der Waals surface area (Å²) in [6, 6.07) is 2.96. The lowest BCUT2D eigenvalue weighted by molar-refractivity contribution is -0.385. The van der Waals surface area contributed by atoms with E-state index in [1.807, 2.05) is 22.6 Å². The van der Waals surface area contributed by atoms with Crippen LogP contribution in [0.2, 0.25) is 0 Å². The molecule has 21 heavy (non-hydrogen) atoms. The zero-order chi connectivity index (χ0) is 15.7. The molecule has 1 heterocycles. The number of nitro benzene ring substituents is 1. The summed E-state index contributed by atoms with van der Waals surface area (Å²) in [5.41, 5.74) is 0.275. The van der Waals surface area contributed by atoms with Crippen molar-refractivity contribution in [2.75, 3.05) is 14.2 Å². The number of likely N-dealkylation sites (N-methyl/N-ethyl adjacent to an activating group) is 1. The summed E-state index contributed by atoms with van der Waals surface area (Å²) < 4.78 is 5.56. The maximum atomic E-state index is 11.8. The number of methoxy groups -OCH3 is 1. The monoisotopic (exact) mass is 420 g/mol. The average molecular weight is 420 g/mol. The number of nitrogens with zero attached hydrogens (tertiary/aromatic N) is 2. The minimum absolute atomic E-state index is 0.168. The number of rotatable bonds is 3. The summed E-state index contributed by atoms with van der Waals surface area (Å²) in [6.07, 6.45) is 1.46. The van der Waals surface area contributed by atoms with Gasteiger partial charge in [-0.25, -0.2) is 0 Å². The molecule has 0 aliphatic carbocycles. The molecule has 0 bridgehead atoms. The van der Waals surface area contributed by atoms with E-state index in [1.165, 1.54) is 26.3 Å². The quantitative estimate of drug-likeness (QED) is 0.323. The molecular formula is C12H9IN2O5S. The van der Waals surface area contributed by atoms with Crippen molar-refractivity contribution < 1.29 is 19.2 Å². The lowest BCUT2D eigenvalue weighted by atomic mass is 10.1. The van der Waals surface area contributed by atoms with E-state index < -0.39 is 10.8 Å². The van der Waals surface area contributed by atoms with Gasteiger partial charge in [0.15, 0.2) is 0 Å². The lowest BCUT2D eigenvalue weighted by Crippen LogP contribution is -2.22. The first-order valence-electron chi connectivity index (χ1n) is 5.58. The standard InChI is InChI=1S/C12H9IN2O5S/c1-14-11(16)9(21-12(14)17)5-6-3-7(13)10(20-2)8(4-6)15(18)19/h3-5H,1-2H3/b9-5-. The van der Waals surface area contributed by atoms with Gasteiger partial charge in [0.05, 0.1) is 20.5 Å². The van der Waals surface area contributed by atoms with E-state index in [4.69, 9.17) is 4.74 Å². The van der Waals surface area contributed by atoms with Gasteiger partial charge in [-0.3, -0.25) is 24.6 Å². The number of hydrogen-bond acceptors (Lipinski definition) is 6. The second kappa shape index (κ2) is 6.02. The van der Waals surface area contributed by atoms with Crippen LogP contribution in [0, 0.1) is 13.7 Å². The third kappa shape index (κ3) is 3.02. The van der Waals surface area contributed by atoms with E-state index in [0.29, 0.717) is 9.13 Å². The van der Waals surface area contributed by atoms with Crippen LogP contribution in [-0.4, -0.2) is 35.1 Å². The van der Waals surface area contributed by atoms with Crippen LogP contribution < -0.4 is 4.74 Å². The van der Waals surface area contributed by atoms with Crippen molar-refractivity contribution in [1.29, 1.82) is 0 Å². The fraction of sp³-hybridized carbons (Fsp3) is 0.167. The molecule has 1 fully saturated rings. The maximum absolute atomic E-state index is 11.8. The van der Waals surface area contributed by atoms with E-state index in [1.54, 1.807) is 6.07 Å². The van der Waals surface area contributed by atoms with Gasteiger partial charge in [0.25, 0.3) is 11.1 Å². The molecule has 0 N–H and O–H groups in total. The Kier molecular flexibility index (Phi) is 4.52. The van der Waals surface area contributed by atoms with Crippen molar-refractivity contribution in [3.05, 3.63) is 36.3 Å². The first-order valence-corrected chi connectivity index (χ1v) is 7.48. The van der Waals surface area contributed by atoms with Gasteiger partial charge >= 0.3 is 5.69 Å². The highest BCUT2D eigenvalue weighted by molar-refractivity contribution is 14.1. The predicted octanol–water partition coefficient (Wildman–Crippen LogP) is 2.87. The molecule has 2 amide bonds. The zero-order valence-corrected chi connectivity index (χ0v) is 13.9. The maximum Gasteiger partial charge on any atom is 0.312 e. The number of hydrogen-bond donors (Lipinski definition) is 0. The number of amides is 2. The molecule has 0 atom stereocenters. The highest BCUT2D eigenvalue weighted by atomic mass is 127. The normalized spacial score (nSPS) is 16.7. The molecule has 1 aliphatic rings.